The Hall–Kier alpha value is -5.62. The van der Waals surface area contributed by atoms with Crippen LogP contribution in [0.3, 0.4) is 0 Å². The van der Waals surface area contributed by atoms with Gasteiger partial charge >= 0.3 is 35.8 Å². The van der Waals surface area contributed by atoms with E-state index >= 15 is 0 Å². The Morgan fingerprint density at radius 2 is 1.05 bits per heavy atom. The lowest BCUT2D eigenvalue weighted by Gasteiger charge is -2.08. The molecule has 8 N–H and O–H groups in total. The SMILES string of the molecule is CC1=C(CCC(=O)O)c2nc1c(Br)c1[nH]c(cc3[nH]c(cc4nc(c2Br)C(CC(=O)O)=C4CCC(=O)O)c(C)c3CCC(=O)O)c(CC(=O)O)c1CCC(=O)O. The minimum atomic E-state index is -1.22. The summed E-state index contributed by atoms with van der Waals surface area (Å²) < 4.78 is 0.500. The normalized spacial score (nSPS) is 12.6. The zero-order chi connectivity index (χ0) is 41.2. The fraction of sp³-hybridized carbons (Fsp3) is 0.316. The first-order chi connectivity index (χ1) is 26.4. The van der Waals surface area contributed by atoms with Crippen molar-refractivity contribution >= 4 is 112 Å². The second-order valence-corrected chi connectivity index (χ2v) is 14.9. The lowest BCUT2D eigenvalue weighted by Crippen LogP contribution is -2.04. The lowest BCUT2D eigenvalue weighted by atomic mass is 9.96. The van der Waals surface area contributed by atoms with Gasteiger partial charge in [-0.1, -0.05) is 0 Å². The molecular formula is C38H36Br2N4O12. The van der Waals surface area contributed by atoms with Gasteiger partial charge in [-0.05, 0) is 128 Å². The Kier molecular flexibility index (Phi) is 12.6. The second kappa shape index (κ2) is 17.0. The molecule has 2 aliphatic heterocycles. The maximum absolute atomic E-state index is 12.3. The molecule has 18 heteroatoms. The largest absolute Gasteiger partial charge is 0.481 e. The Balaban J connectivity index is 2.07. The van der Waals surface area contributed by atoms with Crippen LogP contribution in [0.1, 0.15) is 96.9 Å². The summed E-state index contributed by atoms with van der Waals surface area (Å²) in [5.41, 5.74) is 5.66. The van der Waals surface area contributed by atoms with E-state index in [4.69, 9.17) is 9.97 Å². The highest BCUT2D eigenvalue weighted by Crippen LogP contribution is 2.45. The highest BCUT2D eigenvalue weighted by Gasteiger charge is 2.30. The topological polar surface area (TPSA) is 281 Å². The van der Waals surface area contributed by atoms with Crippen LogP contribution < -0.4 is 0 Å². The number of nitrogens with zero attached hydrogens (tertiary/aromatic N) is 2. The van der Waals surface area contributed by atoms with Crippen LogP contribution in [0.15, 0.2) is 21.1 Å². The number of hydrogen-bond acceptors (Lipinski definition) is 8. The fourth-order valence-electron chi connectivity index (χ4n) is 7.01. The van der Waals surface area contributed by atoms with Gasteiger partial charge in [0, 0.05) is 42.2 Å². The van der Waals surface area contributed by atoms with Gasteiger partial charge in [-0.25, -0.2) is 9.97 Å². The van der Waals surface area contributed by atoms with Crippen molar-refractivity contribution in [1.82, 2.24) is 19.9 Å². The maximum atomic E-state index is 12.3. The van der Waals surface area contributed by atoms with Gasteiger partial charge in [-0.3, -0.25) is 28.8 Å². The van der Waals surface area contributed by atoms with Gasteiger partial charge in [0.15, 0.2) is 0 Å². The molecule has 0 spiro atoms. The number of aromatic nitrogens is 4. The molecule has 3 aromatic rings. The monoisotopic (exact) mass is 898 g/mol. The molecule has 294 valence electrons. The van der Waals surface area contributed by atoms with Crippen molar-refractivity contribution in [3.63, 3.8) is 0 Å². The molecule has 3 aromatic heterocycles. The number of halogens is 2. The minimum Gasteiger partial charge on any atom is -0.481 e. The van der Waals surface area contributed by atoms with E-state index in [1.807, 2.05) is 0 Å². The van der Waals surface area contributed by atoms with Crippen LogP contribution >= 0.6 is 31.9 Å². The molecule has 16 nitrogen and oxygen atoms in total. The van der Waals surface area contributed by atoms with Crippen LogP contribution in [0, 0.1) is 6.92 Å². The first-order valence-electron chi connectivity index (χ1n) is 17.2. The van der Waals surface area contributed by atoms with Crippen molar-refractivity contribution < 1.29 is 59.4 Å². The number of carboxylic acids is 6. The lowest BCUT2D eigenvalue weighted by molar-refractivity contribution is -0.138. The van der Waals surface area contributed by atoms with Crippen LogP contribution in [0.4, 0.5) is 0 Å². The third-order valence-electron chi connectivity index (χ3n) is 9.64. The summed E-state index contributed by atoms with van der Waals surface area (Å²) in [5.74, 6) is -6.85. The van der Waals surface area contributed by atoms with Crippen LogP contribution in [0.25, 0.3) is 44.4 Å². The Morgan fingerprint density at radius 3 is 1.62 bits per heavy atom. The molecule has 0 aliphatic carbocycles. The molecule has 0 saturated carbocycles. The number of hydrogen-bond donors (Lipinski definition) is 8. The van der Waals surface area contributed by atoms with E-state index in [9.17, 15) is 59.4 Å². The molecule has 2 aliphatic rings. The van der Waals surface area contributed by atoms with Gasteiger partial charge in [0.05, 0.1) is 50.1 Å². The molecule has 56 heavy (non-hydrogen) atoms. The quantitative estimate of drug-likeness (QED) is 0.0730. The Labute approximate surface area is 334 Å². The van der Waals surface area contributed by atoms with Gasteiger partial charge in [-0.2, -0.15) is 0 Å². The molecule has 8 bridgehead atoms. The summed E-state index contributed by atoms with van der Waals surface area (Å²) in [6, 6.07) is 3.22. The standard InChI is InChI=1S/C38H36Br2N4O12/c1-15-17(3-7-27(45)46)24-14-26-21(11-31(53)54)20(6-10-30(51)52)37(43-26)33(39)35-16(2)18(4-8-28(47)48)36(44-35)34(40)38-22(12-32(55)56)19(5-9-29(49)50)25(42-38)13-23(15)41-24/h13-14,41,43H,3-12H2,1-2H3,(H,45,46)(H,47,48)(H,49,50)(H,51,52)(H,53,54)(H,55,56). The van der Waals surface area contributed by atoms with Gasteiger partial charge in [0.1, 0.15) is 0 Å². The van der Waals surface area contributed by atoms with Gasteiger partial charge in [0.25, 0.3) is 0 Å². The Bertz CT molecular complexity index is 2460. The molecule has 0 aromatic carbocycles. The number of carboxylic acid groups (broad SMARTS) is 6. The van der Waals surface area contributed by atoms with Crippen molar-refractivity contribution in [2.75, 3.05) is 0 Å². The van der Waals surface area contributed by atoms with Crippen LogP contribution in [0.2, 0.25) is 0 Å². The molecule has 5 rings (SSSR count). The summed E-state index contributed by atoms with van der Waals surface area (Å²) in [5, 5.41) is 58.6. The number of fused-ring (bicyclic) bond motifs is 8. The van der Waals surface area contributed by atoms with E-state index < -0.39 is 48.7 Å². The molecule has 5 heterocycles. The fourth-order valence-corrected chi connectivity index (χ4v) is 8.39. The van der Waals surface area contributed by atoms with Gasteiger partial charge in [0.2, 0.25) is 0 Å². The number of allylic oxidation sites excluding steroid dienone is 3. The number of aryl methyl sites for hydroxylation is 3. The summed E-state index contributed by atoms with van der Waals surface area (Å²) in [7, 11) is 0. The molecule has 0 fully saturated rings. The molecule has 0 radical (unpaired) electrons. The molecule has 0 atom stereocenters. The van der Waals surface area contributed by atoms with E-state index in [0.29, 0.717) is 65.6 Å². The zero-order valence-electron chi connectivity index (χ0n) is 30.0. The predicted molar refractivity (Wildman–Crippen MR) is 210 cm³/mol. The van der Waals surface area contributed by atoms with E-state index in [-0.39, 0.29) is 84.1 Å². The van der Waals surface area contributed by atoms with Crippen molar-refractivity contribution in [2.24, 2.45) is 0 Å². The van der Waals surface area contributed by atoms with Crippen molar-refractivity contribution in [2.45, 2.75) is 78.1 Å². The first-order valence-corrected chi connectivity index (χ1v) is 18.8. The zero-order valence-corrected chi connectivity index (χ0v) is 33.2. The number of aromatic amines is 2. The summed E-state index contributed by atoms with van der Waals surface area (Å²) in [6.07, 6.45) is -2.50. The van der Waals surface area contributed by atoms with Gasteiger partial charge in [-0.15, -0.1) is 0 Å². The predicted octanol–water partition coefficient (Wildman–Crippen LogP) is 6.86. The summed E-state index contributed by atoms with van der Waals surface area (Å²) in [6.45, 7) is 3.44. The average Bonchev–Trinajstić information content (AvgIpc) is 3.80. The minimum absolute atomic E-state index is 0.0120. The maximum Gasteiger partial charge on any atom is 0.307 e. The molecule has 0 saturated heterocycles. The summed E-state index contributed by atoms with van der Waals surface area (Å²) >= 11 is 7.26. The number of aliphatic carboxylic acids is 6. The second-order valence-electron chi connectivity index (χ2n) is 13.3. The van der Waals surface area contributed by atoms with Gasteiger partial charge < -0.3 is 40.6 Å². The van der Waals surface area contributed by atoms with E-state index in [0.717, 1.165) is 0 Å². The third-order valence-corrected chi connectivity index (χ3v) is 11.2. The molecular weight excluding hydrogens is 864 g/mol. The van der Waals surface area contributed by atoms with Crippen LogP contribution in [0.5, 0.6) is 0 Å². The highest BCUT2D eigenvalue weighted by molar-refractivity contribution is 9.11. The number of nitrogens with one attached hydrogen (secondary N) is 2. The first kappa shape index (κ1) is 41.5. The van der Waals surface area contributed by atoms with Crippen molar-refractivity contribution in [1.29, 1.82) is 0 Å². The van der Waals surface area contributed by atoms with Crippen LogP contribution in [-0.2, 0) is 48.0 Å². The third kappa shape index (κ3) is 8.91. The van der Waals surface area contributed by atoms with Crippen molar-refractivity contribution in [3.8, 4) is 0 Å². The Morgan fingerprint density at radius 1 is 0.536 bits per heavy atom. The number of carbonyl (C=O) groups is 6. The van der Waals surface area contributed by atoms with Crippen LogP contribution in [-0.4, -0.2) is 86.4 Å². The van der Waals surface area contributed by atoms with E-state index in [1.54, 1.807) is 26.0 Å². The number of H-pyrrole nitrogens is 2. The van der Waals surface area contributed by atoms with Crippen molar-refractivity contribution in [3.05, 3.63) is 66.1 Å². The van der Waals surface area contributed by atoms with E-state index in [2.05, 4.69) is 41.8 Å². The molecule has 0 unspecified atom stereocenters. The summed E-state index contributed by atoms with van der Waals surface area (Å²) in [4.78, 5) is 88.1. The smallest absolute Gasteiger partial charge is 0.307 e. The molecule has 0 amide bonds. The average molecular weight is 901 g/mol. The van der Waals surface area contributed by atoms with E-state index in [1.165, 1.54) is 0 Å². The number of rotatable bonds is 16. The highest BCUT2D eigenvalue weighted by atomic mass is 79.9.